The van der Waals surface area contributed by atoms with E-state index in [0.29, 0.717) is 25.2 Å². The van der Waals surface area contributed by atoms with Gasteiger partial charge in [-0.2, -0.15) is 0 Å². The minimum Gasteiger partial charge on any atom is -0.334 e. The van der Waals surface area contributed by atoms with Gasteiger partial charge in [0.2, 0.25) is 5.91 Å². The summed E-state index contributed by atoms with van der Waals surface area (Å²) >= 11 is 0. The minimum absolute atomic E-state index is 0.128. The number of carbonyl (C=O) groups is 2. The molecule has 1 aliphatic heterocycles. The predicted octanol–water partition coefficient (Wildman–Crippen LogP) is 3.45. The number of fused-ring (bicyclic) bond motifs is 1. The van der Waals surface area contributed by atoms with Gasteiger partial charge in [0.1, 0.15) is 5.82 Å². The fraction of sp³-hybridized carbons (Fsp3) is 0.263. The zero-order valence-electron chi connectivity index (χ0n) is 14.0. The third-order valence-corrected chi connectivity index (χ3v) is 4.20. The van der Waals surface area contributed by atoms with Crippen molar-refractivity contribution in [3.63, 3.8) is 0 Å². The van der Waals surface area contributed by atoms with Crippen LogP contribution in [0.15, 0.2) is 42.5 Å². The lowest BCUT2D eigenvalue weighted by molar-refractivity contribution is -0.118. The van der Waals surface area contributed by atoms with Crippen molar-refractivity contribution in [1.82, 2.24) is 5.32 Å². The van der Waals surface area contributed by atoms with Gasteiger partial charge in [0.15, 0.2) is 0 Å². The molecule has 0 aromatic heterocycles. The van der Waals surface area contributed by atoms with Gasteiger partial charge in [0.05, 0.1) is 0 Å². The summed E-state index contributed by atoms with van der Waals surface area (Å²) in [6.07, 6.45) is 1.32. The fourth-order valence-corrected chi connectivity index (χ4v) is 2.91. The first kappa shape index (κ1) is 17.0. The molecule has 3 amide bonds. The van der Waals surface area contributed by atoms with Gasteiger partial charge in [-0.1, -0.05) is 19.1 Å². The second-order valence-corrected chi connectivity index (χ2v) is 5.93. The van der Waals surface area contributed by atoms with Crippen LogP contribution in [-0.2, 0) is 17.8 Å². The van der Waals surface area contributed by atoms with E-state index < -0.39 is 0 Å². The summed E-state index contributed by atoms with van der Waals surface area (Å²) in [4.78, 5) is 25.6. The Morgan fingerprint density at radius 1 is 1.16 bits per heavy atom. The molecule has 25 heavy (non-hydrogen) atoms. The molecular formula is C19H20FN3O2. The van der Waals surface area contributed by atoms with E-state index in [1.165, 1.54) is 24.3 Å². The Labute approximate surface area is 145 Å². The van der Waals surface area contributed by atoms with Crippen LogP contribution in [-0.4, -0.2) is 18.5 Å². The molecule has 0 aliphatic carbocycles. The highest BCUT2D eigenvalue weighted by atomic mass is 19.1. The molecule has 0 radical (unpaired) electrons. The van der Waals surface area contributed by atoms with Crippen LogP contribution in [0.1, 0.15) is 24.5 Å². The molecule has 0 saturated carbocycles. The molecule has 2 N–H and O–H groups in total. The molecule has 1 heterocycles. The van der Waals surface area contributed by atoms with Crippen LogP contribution in [0.25, 0.3) is 0 Å². The Bertz CT molecular complexity index is 790. The number of hydrogen-bond donors (Lipinski definition) is 2. The number of hydrogen-bond acceptors (Lipinski definition) is 2. The Hall–Kier alpha value is -2.89. The maximum atomic E-state index is 12.8. The zero-order chi connectivity index (χ0) is 17.8. The summed E-state index contributed by atoms with van der Waals surface area (Å²) in [5, 5.41) is 5.43. The van der Waals surface area contributed by atoms with Crippen molar-refractivity contribution in [2.24, 2.45) is 0 Å². The van der Waals surface area contributed by atoms with Crippen molar-refractivity contribution in [3.8, 4) is 0 Å². The van der Waals surface area contributed by atoms with Crippen molar-refractivity contribution in [3.05, 3.63) is 59.4 Å². The Morgan fingerprint density at radius 2 is 1.92 bits per heavy atom. The van der Waals surface area contributed by atoms with Crippen molar-refractivity contribution >= 4 is 23.3 Å². The van der Waals surface area contributed by atoms with Crippen LogP contribution in [0, 0.1) is 5.82 Å². The molecule has 0 unspecified atom stereocenters. The maximum absolute atomic E-state index is 12.8. The van der Waals surface area contributed by atoms with Crippen molar-refractivity contribution in [2.75, 3.05) is 16.8 Å². The molecule has 0 bridgehead atoms. The van der Waals surface area contributed by atoms with Crippen LogP contribution in [0.5, 0.6) is 0 Å². The molecule has 0 spiro atoms. The third kappa shape index (κ3) is 3.96. The summed E-state index contributed by atoms with van der Waals surface area (Å²) in [6.45, 7) is 2.95. The normalized spacial score (nSPS) is 12.6. The van der Waals surface area contributed by atoms with Gasteiger partial charge in [-0.25, -0.2) is 9.18 Å². The van der Waals surface area contributed by atoms with Crippen LogP contribution in [0.3, 0.4) is 0 Å². The number of anilines is 2. The lowest BCUT2D eigenvalue weighted by atomic mass is 10.1. The molecule has 6 heteroatoms. The lowest BCUT2D eigenvalue weighted by Gasteiger charge is -2.16. The highest BCUT2D eigenvalue weighted by Crippen LogP contribution is 2.29. The predicted molar refractivity (Wildman–Crippen MR) is 95.0 cm³/mol. The number of halogens is 1. The van der Waals surface area contributed by atoms with E-state index in [1.807, 2.05) is 30.0 Å². The Morgan fingerprint density at radius 3 is 2.64 bits per heavy atom. The highest BCUT2D eigenvalue weighted by molar-refractivity contribution is 5.95. The van der Waals surface area contributed by atoms with Crippen molar-refractivity contribution in [2.45, 2.75) is 26.3 Å². The quantitative estimate of drug-likeness (QED) is 0.895. The summed E-state index contributed by atoms with van der Waals surface area (Å²) in [6, 6.07) is 11.1. The van der Waals surface area contributed by atoms with E-state index in [0.717, 1.165) is 23.2 Å². The van der Waals surface area contributed by atoms with E-state index in [2.05, 4.69) is 10.6 Å². The molecule has 1 aliphatic rings. The Balaban J connectivity index is 1.58. The number of carbonyl (C=O) groups excluding carboxylic acids is 2. The summed E-state index contributed by atoms with van der Waals surface area (Å²) < 4.78 is 12.8. The van der Waals surface area contributed by atoms with Gasteiger partial charge < -0.3 is 15.5 Å². The standard InChI is InChI=1S/C19H20FN3O2/c1-2-18(24)23-10-9-14-11-13(3-8-17(14)23)12-21-19(25)22-16-6-4-15(20)5-7-16/h3-8,11H,2,9-10,12H2,1H3,(H2,21,22,25). The molecule has 3 rings (SSSR count). The average Bonchev–Trinajstić information content (AvgIpc) is 3.04. The molecule has 0 saturated heterocycles. The molecule has 2 aromatic rings. The van der Waals surface area contributed by atoms with Gasteiger partial charge in [-0.3, -0.25) is 4.79 Å². The van der Waals surface area contributed by atoms with E-state index in [-0.39, 0.29) is 17.8 Å². The largest absolute Gasteiger partial charge is 0.334 e. The number of benzene rings is 2. The van der Waals surface area contributed by atoms with E-state index >= 15 is 0 Å². The van der Waals surface area contributed by atoms with Gasteiger partial charge in [0, 0.05) is 30.9 Å². The summed E-state index contributed by atoms with van der Waals surface area (Å²) in [5.41, 5.74) is 3.59. The first-order chi connectivity index (χ1) is 12.1. The van der Waals surface area contributed by atoms with E-state index in [1.54, 1.807) is 0 Å². The lowest BCUT2D eigenvalue weighted by Crippen LogP contribution is -2.28. The molecular weight excluding hydrogens is 321 g/mol. The van der Waals surface area contributed by atoms with Crippen molar-refractivity contribution < 1.29 is 14.0 Å². The zero-order valence-corrected chi connectivity index (χ0v) is 14.0. The molecule has 130 valence electrons. The number of rotatable bonds is 4. The number of nitrogens with zero attached hydrogens (tertiary/aromatic N) is 1. The average molecular weight is 341 g/mol. The number of amides is 3. The smallest absolute Gasteiger partial charge is 0.319 e. The van der Waals surface area contributed by atoms with Gasteiger partial charge in [-0.15, -0.1) is 0 Å². The molecule has 0 fully saturated rings. The topological polar surface area (TPSA) is 61.4 Å². The van der Waals surface area contributed by atoms with Gasteiger partial charge >= 0.3 is 6.03 Å². The highest BCUT2D eigenvalue weighted by Gasteiger charge is 2.23. The van der Waals surface area contributed by atoms with Gasteiger partial charge in [0.25, 0.3) is 0 Å². The minimum atomic E-state index is -0.352. The molecule has 5 nitrogen and oxygen atoms in total. The van der Waals surface area contributed by atoms with E-state index in [4.69, 9.17) is 0 Å². The number of urea groups is 1. The second kappa shape index (κ2) is 7.34. The monoisotopic (exact) mass is 341 g/mol. The first-order valence-electron chi connectivity index (χ1n) is 8.29. The molecule has 0 atom stereocenters. The maximum Gasteiger partial charge on any atom is 0.319 e. The van der Waals surface area contributed by atoms with Crippen LogP contribution < -0.4 is 15.5 Å². The number of nitrogens with one attached hydrogen (secondary N) is 2. The van der Waals surface area contributed by atoms with Crippen molar-refractivity contribution in [1.29, 1.82) is 0 Å². The van der Waals surface area contributed by atoms with Crippen LogP contribution in [0.2, 0.25) is 0 Å². The van der Waals surface area contributed by atoms with Crippen LogP contribution >= 0.6 is 0 Å². The first-order valence-corrected chi connectivity index (χ1v) is 8.29. The van der Waals surface area contributed by atoms with Crippen LogP contribution in [0.4, 0.5) is 20.6 Å². The SMILES string of the molecule is CCC(=O)N1CCc2cc(CNC(=O)Nc3ccc(F)cc3)ccc21. The van der Waals surface area contributed by atoms with Gasteiger partial charge in [-0.05, 0) is 47.9 Å². The van der Waals surface area contributed by atoms with E-state index in [9.17, 15) is 14.0 Å². The molecule has 2 aromatic carbocycles. The summed E-state index contributed by atoms with van der Waals surface area (Å²) in [7, 11) is 0. The summed E-state index contributed by atoms with van der Waals surface area (Å²) in [5.74, 6) is -0.219. The third-order valence-electron chi connectivity index (χ3n) is 4.20. The fourth-order valence-electron chi connectivity index (χ4n) is 2.91. The second-order valence-electron chi connectivity index (χ2n) is 5.93. The Kier molecular flexibility index (Phi) is 4.97.